The Kier molecular flexibility index (Phi) is 6.18. The highest BCUT2D eigenvalue weighted by atomic mass is 79.9. The lowest BCUT2D eigenvalue weighted by molar-refractivity contribution is 0.0663. The van der Waals surface area contributed by atoms with Gasteiger partial charge in [0.1, 0.15) is 24.2 Å². The van der Waals surface area contributed by atoms with Crippen molar-refractivity contribution in [3.05, 3.63) is 53.0 Å². The molecule has 6 heteroatoms. The normalized spacial score (nSPS) is 16.6. The molecule has 5 nitrogen and oxygen atoms in total. The number of benzene rings is 2. The Morgan fingerprint density at radius 1 is 0.960 bits per heavy atom. The minimum Gasteiger partial charge on any atom is -0.508 e. The minimum absolute atomic E-state index is 0.205. The van der Waals surface area contributed by atoms with E-state index in [-0.39, 0.29) is 12.4 Å². The molecule has 0 amide bonds. The fourth-order valence-electron chi connectivity index (χ4n) is 2.93. The molecule has 25 heavy (non-hydrogen) atoms. The lowest BCUT2D eigenvalue weighted by atomic mass is 10.2. The molecule has 3 rings (SSSR count). The molecule has 1 fully saturated rings. The van der Waals surface area contributed by atoms with E-state index in [9.17, 15) is 10.2 Å². The van der Waals surface area contributed by atoms with Crippen molar-refractivity contribution in [2.45, 2.75) is 6.10 Å². The summed E-state index contributed by atoms with van der Waals surface area (Å²) in [5, 5.41) is 19.4. The van der Waals surface area contributed by atoms with Crippen LogP contribution < -0.4 is 9.64 Å². The first kappa shape index (κ1) is 18.0. The molecule has 0 aromatic heterocycles. The van der Waals surface area contributed by atoms with Crippen molar-refractivity contribution in [2.24, 2.45) is 0 Å². The largest absolute Gasteiger partial charge is 0.508 e. The Bertz CT molecular complexity index is 655. The summed E-state index contributed by atoms with van der Waals surface area (Å²) in [6.07, 6.45) is -0.534. The van der Waals surface area contributed by atoms with Gasteiger partial charge in [-0.05, 0) is 48.5 Å². The van der Waals surface area contributed by atoms with E-state index in [1.54, 1.807) is 24.3 Å². The van der Waals surface area contributed by atoms with Gasteiger partial charge in [0.2, 0.25) is 0 Å². The number of halogens is 1. The SMILES string of the molecule is Oc1ccc(OC[C@H](O)CN2CCN(c3ccc(Br)cc3)CC2)cc1. The van der Waals surface area contributed by atoms with Crippen LogP contribution in [0.2, 0.25) is 0 Å². The topological polar surface area (TPSA) is 56.2 Å². The van der Waals surface area contributed by atoms with Gasteiger partial charge in [-0.2, -0.15) is 0 Å². The Labute approximate surface area is 156 Å². The number of β-amino-alcohol motifs (C(OH)–C–C–N with tert-alkyl or cyclic N) is 1. The number of nitrogens with zero attached hydrogens (tertiary/aromatic N) is 2. The molecule has 0 radical (unpaired) electrons. The first-order chi connectivity index (χ1) is 12.1. The second-order valence-electron chi connectivity index (χ2n) is 6.22. The predicted molar refractivity (Wildman–Crippen MR) is 102 cm³/mol. The van der Waals surface area contributed by atoms with E-state index in [1.807, 2.05) is 0 Å². The number of piperazine rings is 1. The van der Waals surface area contributed by atoms with Crippen LogP contribution in [0.15, 0.2) is 53.0 Å². The number of hydrogen-bond acceptors (Lipinski definition) is 5. The van der Waals surface area contributed by atoms with Crippen molar-refractivity contribution in [3.63, 3.8) is 0 Å². The maximum absolute atomic E-state index is 10.2. The van der Waals surface area contributed by atoms with Crippen LogP contribution in [0, 0.1) is 0 Å². The number of aromatic hydroxyl groups is 1. The van der Waals surface area contributed by atoms with E-state index in [1.165, 1.54) is 5.69 Å². The van der Waals surface area contributed by atoms with Gasteiger partial charge in [-0.1, -0.05) is 15.9 Å². The number of aliphatic hydroxyl groups is 1. The zero-order valence-corrected chi connectivity index (χ0v) is 15.6. The molecule has 134 valence electrons. The molecule has 1 atom stereocenters. The zero-order valence-electron chi connectivity index (χ0n) is 14.0. The third-order valence-corrected chi connectivity index (χ3v) is 4.84. The highest BCUT2D eigenvalue weighted by Crippen LogP contribution is 2.20. The van der Waals surface area contributed by atoms with Crippen LogP contribution in [-0.4, -0.2) is 60.5 Å². The van der Waals surface area contributed by atoms with Gasteiger partial charge in [0, 0.05) is 42.9 Å². The van der Waals surface area contributed by atoms with E-state index >= 15 is 0 Å². The van der Waals surface area contributed by atoms with Crippen molar-refractivity contribution < 1.29 is 14.9 Å². The number of phenols is 1. The van der Waals surface area contributed by atoms with E-state index < -0.39 is 6.10 Å². The quantitative estimate of drug-likeness (QED) is 0.772. The summed E-state index contributed by atoms with van der Waals surface area (Å²) in [6, 6.07) is 14.9. The Balaban J connectivity index is 1.40. The second-order valence-corrected chi connectivity index (χ2v) is 7.14. The summed E-state index contributed by atoms with van der Waals surface area (Å²) in [5.74, 6) is 0.855. The van der Waals surface area contributed by atoms with Crippen LogP contribution >= 0.6 is 15.9 Å². The zero-order chi connectivity index (χ0) is 17.6. The number of ether oxygens (including phenoxy) is 1. The summed E-state index contributed by atoms with van der Waals surface area (Å²) < 4.78 is 6.65. The van der Waals surface area contributed by atoms with E-state index in [2.05, 4.69) is 50.0 Å². The molecule has 1 saturated heterocycles. The fourth-order valence-corrected chi connectivity index (χ4v) is 3.19. The molecular weight excluding hydrogens is 384 g/mol. The first-order valence-electron chi connectivity index (χ1n) is 8.43. The molecule has 2 aromatic rings. The van der Waals surface area contributed by atoms with E-state index in [0.717, 1.165) is 30.7 Å². The molecule has 1 heterocycles. The Morgan fingerprint density at radius 3 is 2.24 bits per heavy atom. The van der Waals surface area contributed by atoms with Crippen LogP contribution in [0.5, 0.6) is 11.5 Å². The number of anilines is 1. The maximum Gasteiger partial charge on any atom is 0.119 e. The third-order valence-electron chi connectivity index (χ3n) is 4.31. The molecule has 2 N–H and O–H groups in total. The molecule has 2 aromatic carbocycles. The highest BCUT2D eigenvalue weighted by Gasteiger charge is 2.19. The lowest BCUT2D eigenvalue weighted by Crippen LogP contribution is -2.49. The number of rotatable bonds is 6. The summed E-state index contributed by atoms with van der Waals surface area (Å²) in [5.41, 5.74) is 1.24. The van der Waals surface area contributed by atoms with E-state index in [4.69, 9.17) is 4.74 Å². The van der Waals surface area contributed by atoms with Gasteiger partial charge < -0.3 is 19.8 Å². The monoisotopic (exact) mass is 406 g/mol. The lowest BCUT2D eigenvalue weighted by Gasteiger charge is -2.36. The predicted octanol–water partition coefficient (Wildman–Crippen LogP) is 2.72. The molecule has 1 aliphatic rings. The first-order valence-corrected chi connectivity index (χ1v) is 9.22. The summed E-state index contributed by atoms with van der Waals surface area (Å²) >= 11 is 3.46. The van der Waals surface area contributed by atoms with Crippen LogP contribution in [0.4, 0.5) is 5.69 Å². The van der Waals surface area contributed by atoms with Crippen LogP contribution in [-0.2, 0) is 0 Å². The average molecular weight is 407 g/mol. The van der Waals surface area contributed by atoms with Crippen LogP contribution in [0.25, 0.3) is 0 Å². The molecule has 0 aliphatic carbocycles. The van der Waals surface area contributed by atoms with Gasteiger partial charge in [-0.15, -0.1) is 0 Å². The Morgan fingerprint density at radius 2 is 1.60 bits per heavy atom. The molecule has 0 unspecified atom stereocenters. The third kappa shape index (κ3) is 5.36. The van der Waals surface area contributed by atoms with Crippen molar-refractivity contribution in [3.8, 4) is 11.5 Å². The van der Waals surface area contributed by atoms with Gasteiger partial charge in [0.05, 0.1) is 0 Å². The van der Waals surface area contributed by atoms with Crippen molar-refractivity contribution >= 4 is 21.6 Å². The molecule has 0 spiro atoms. The smallest absolute Gasteiger partial charge is 0.119 e. The highest BCUT2D eigenvalue weighted by molar-refractivity contribution is 9.10. The van der Waals surface area contributed by atoms with Crippen molar-refractivity contribution in [1.29, 1.82) is 0 Å². The van der Waals surface area contributed by atoms with Gasteiger partial charge in [0.15, 0.2) is 0 Å². The van der Waals surface area contributed by atoms with Crippen LogP contribution in [0.3, 0.4) is 0 Å². The number of phenolic OH excluding ortho intramolecular Hbond substituents is 1. The van der Waals surface area contributed by atoms with Gasteiger partial charge in [-0.25, -0.2) is 0 Å². The molecule has 0 saturated carbocycles. The summed E-state index contributed by atoms with van der Waals surface area (Å²) in [7, 11) is 0. The van der Waals surface area contributed by atoms with Crippen LogP contribution in [0.1, 0.15) is 0 Å². The number of aliphatic hydroxyl groups excluding tert-OH is 1. The van der Waals surface area contributed by atoms with Gasteiger partial charge >= 0.3 is 0 Å². The molecule has 0 bridgehead atoms. The fraction of sp³-hybridized carbons (Fsp3) is 0.368. The summed E-state index contributed by atoms with van der Waals surface area (Å²) in [6.45, 7) is 4.60. The molecular formula is C19H23BrN2O3. The Hall–Kier alpha value is -1.76. The number of hydrogen-bond donors (Lipinski definition) is 2. The van der Waals surface area contributed by atoms with Crippen molar-refractivity contribution in [2.75, 3.05) is 44.2 Å². The average Bonchev–Trinajstić information content (AvgIpc) is 2.63. The maximum atomic E-state index is 10.2. The van der Waals surface area contributed by atoms with Gasteiger partial charge in [-0.3, -0.25) is 4.90 Å². The standard InChI is InChI=1S/C19H23BrN2O3/c20-15-1-3-16(4-2-15)22-11-9-21(10-12-22)13-18(24)14-25-19-7-5-17(23)6-8-19/h1-8,18,23-24H,9-14H2/t18-/m1/s1. The second kappa shape index (κ2) is 8.56. The van der Waals surface area contributed by atoms with Gasteiger partial charge in [0.25, 0.3) is 0 Å². The molecule has 1 aliphatic heterocycles. The van der Waals surface area contributed by atoms with Crippen molar-refractivity contribution in [1.82, 2.24) is 4.90 Å². The minimum atomic E-state index is -0.534. The summed E-state index contributed by atoms with van der Waals surface area (Å²) in [4.78, 5) is 4.63. The van der Waals surface area contributed by atoms with E-state index in [0.29, 0.717) is 12.3 Å².